The summed E-state index contributed by atoms with van der Waals surface area (Å²) in [4.78, 5) is 2.82. The van der Waals surface area contributed by atoms with Gasteiger partial charge in [-0.25, -0.2) is 0 Å². The minimum atomic E-state index is 0.480. The number of hydrogen-bond acceptors (Lipinski definition) is 2. The van der Waals surface area contributed by atoms with E-state index in [0.29, 0.717) is 5.54 Å². The number of nitrogens with zero attached hydrogens (tertiary/aromatic N) is 1. The van der Waals surface area contributed by atoms with Crippen molar-refractivity contribution < 1.29 is 0 Å². The zero-order valence-electron chi connectivity index (χ0n) is 11.5. The molecule has 3 aliphatic rings. The van der Waals surface area contributed by atoms with Crippen LogP contribution in [0.15, 0.2) is 0 Å². The fourth-order valence-corrected chi connectivity index (χ4v) is 4.00. The van der Waals surface area contributed by atoms with Gasteiger partial charge in [0.1, 0.15) is 0 Å². The Balaban J connectivity index is 1.69. The van der Waals surface area contributed by atoms with Crippen LogP contribution >= 0.6 is 0 Å². The van der Waals surface area contributed by atoms with Gasteiger partial charge in [-0.3, -0.25) is 4.90 Å². The minimum Gasteiger partial charge on any atom is -0.308 e. The largest absolute Gasteiger partial charge is 0.308 e. The van der Waals surface area contributed by atoms with Crippen LogP contribution in [0.5, 0.6) is 0 Å². The van der Waals surface area contributed by atoms with Gasteiger partial charge >= 0.3 is 0 Å². The van der Waals surface area contributed by atoms with Crippen molar-refractivity contribution in [2.75, 3.05) is 13.1 Å². The Bertz CT molecular complexity index is 266. The van der Waals surface area contributed by atoms with Crippen molar-refractivity contribution in [1.82, 2.24) is 10.2 Å². The molecule has 3 fully saturated rings. The Morgan fingerprint density at radius 3 is 2.53 bits per heavy atom. The lowest BCUT2D eigenvalue weighted by atomic mass is 9.79. The molecular weight excluding hydrogens is 208 g/mol. The summed E-state index contributed by atoms with van der Waals surface area (Å²) in [5, 5.41) is 3.89. The van der Waals surface area contributed by atoms with Gasteiger partial charge in [-0.2, -0.15) is 0 Å². The minimum absolute atomic E-state index is 0.480. The predicted molar refractivity (Wildman–Crippen MR) is 72.2 cm³/mol. The van der Waals surface area contributed by atoms with Crippen LogP contribution in [0, 0.1) is 5.92 Å². The molecule has 1 heterocycles. The molecule has 2 heteroatoms. The standard InChI is InChI=1S/C15H28N2/c1-12-10-16-15(8-4-3-5-9-15)11-17(12)13(2)14-6-7-14/h12-14,16H,3-11H2,1-2H3. The second-order valence-electron chi connectivity index (χ2n) is 6.82. The van der Waals surface area contributed by atoms with Crippen molar-refractivity contribution in [2.24, 2.45) is 5.92 Å². The highest BCUT2D eigenvalue weighted by Gasteiger charge is 2.42. The maximum atomic E-state index is 3.89. The van der Waals surface area contributed by atoms with E-state index in [9.17, 15) is 0 Å². The lowest BCUT2D eigenvalue weighted by molar-refractivity contribution is 0.0295. The first-order valence-electron chi connectivity index (χ1n) is 7.71. The highest BCUT2D eigenvalue weighted by molar-refractivity contribution is 5.01. The van der Waals surface area contributed by atoms with Crippen molar-refractivity contribution in [1.29, 1.82) is 0 Å². The Morgan fingerprint density at radius 2 is 1.88 bits per heavy atom. The maximum absolute atomic E-state index is 3.89. The maximum Gasteiger partial charge on any atom is 0.0309 e. The molecule has 1 aliphatic heterocycles. The van der Waals surface area contributed by atoms with E-state index in [1.165, 1.54) is 58.0 Å². The number of hydrogen-bond donors (Lipinski definition) is 1. The molecule has 98 valence electrons. The Hall–Kier alpha value is -0.0800. The highest BCUT2D eigenvalue weighted by atomic mass is 15.3. The molecule has 2 atom stereocenters. The number of piperazine rings is 1. The second-order valence-corrected chi connectivity index (χ2v) is 6.82. The van der Waals surface area contributed by atoms with Crippen LogP contribution in [-0.2, 0) is 0 Å². The Labute approximate surface area is 106 Å². The van der Waals surface area contributed by atoms with E-state index in [1.54, 1.807) is 0 Å². The van der Waals surface area contributed by atoms with Crippen molar-refractivity contribution in [3.8, 4) is 0 Å². The van der Waals surface area contributed by atoms with E-state index in [4.69, 9.17) is 0 Å². The topological polar surface area (TPSA) is 15.3 Å². The molecular formula is C15H28N2. The molecule has 2 nitrogen and oxygen atoms in total. The average Bonchev–Trinajstić information content (AvgIpc) is 3.17. The van der Waals surface area contributed by atoms with Gasteiger partial charge in [0.25, 0.3) is 0 Å². The molecule has 3 rings (SSSR count). The lowest BCUT2D eigenvalue weighted by Gasteiger charge is -2.51. The van der Waals surface area contributed by atoms with Gasteiger partial charge < -0.3 is 5.32 Å². The van der Waals surface area contributed by atoms with Gasteiger partial charge in [-0.1, -0.05) is 19.3 Å². The Kier molecular flexibility index (Phi) is 3.20. The summed E-state index contributed by atoms with van der Waals surface area (Å²) >= 11 is 0. The van der Waals surface area contributed by atoms with E-state index in [2.05, 4.69) is 24.1 Å². The van der Waals surface area contributed by atoms with E-state index in [-0.39, 0.29) is 0 Å². The monoisotopic (exact) mass is 236 g/mol. The zero-order valence-corrected chi connectivity index (χ0v) is 11.5. The molecule has 0 bridgehead atoms. The normalized spacial score (nSPS) is 36.0. The zero-order chi connectivity index (χ0) is 11.9. The van der Waals surface area contributed by atoms with Crippen LogP contribution in [0.1, 0.15) is 58.8 Å². The van der Waals surface area contributed by atoms with E-state index >= 15 is 0 Å². The van der Waals surface area contributed by atoms with Gasteiger partial charge in [0.2, 0.25) is 0 Å². The molecule has 1 spiro atoms. The van der Waals surface area contributed by atoms with Crippen LogP contribution in [-0.4, -0.2) is 35.6 Å². The molecule has 2 aliphatic carbocycles. The molecule has 0 amide bonds. The molecule has 0 aromatic rings. The highest BCUT2D eigenvalue weighted by Crippen LogP contribution is 2.39. The van der Waals surface area contributed by atoms with Gasteiger partial charge in [-0.15, -0.1) is 0 Å². The number of rotatable bonds is 2. The fourth-order valence-electron chi connectivity index (χ4n) is 4.00. The quantitative estimate of drug-likeness (QED) is 0.793. The van der Waals surface area contributed by atoms with Gasteiger partial charge in [0, 0.05) is 30.7 Å². The van der Waals surface area contributed by atoms with Gasteiger partial charge in [-0.05, 0) is 45.4 Å². The summed E-state index contributed by atoms with van der Waals surface area (Å²) in [5.41, 5.74) is 0.480. The van der Waals surface area contributed by atoms with E-state index in [1.807, 2.05) is 0 Å². The third-order valence-electron chi connectivity index (χ3n) is 5.46. The molecule has 0 radical (unpaired) electrons. The fraction of sp³-hybridized carbons (Fsp3) is 1.00. The van der Waals surface area contributed by atoms with E-state index < -0.39 is 0 Å². The summed E-state index contributed by atoms with van der Waals surface area (Å²) in [7, 11) is 0. The van der Waals surface area contributed by atoms with Crippen LogP contribution < -0.4 is 5.32 Å². The smallest absolute Gasteiger partial charge is 0.0309 e. The van der Waals surface area contributed by atoms with Crippen LogP contribution in [0.2, 0.25) is 0 Å². The second kappa shape index (κ2) is 4.55. The molecule has 1 N–H and O–H groups in total. The van der Waals surface area contributed by atoms with Gasteiger partial charge in [0.15, 0.2) is 0 Å². The summed E-state index contributed by atoms with van der Waals surface area (Å²) in [6.07, 6.45) is 10.1. The summed E-state index contributed by atoms with van der Waals surface area (Å²) in [6.45, 7) is 7.39. The molecule has 2 saturated carbocycles. The molecule has 17 heavy (non-hydrogen) atoms. The van der Waals surface area contributed by atoms with Crippen LogP contribution in [0.4, 0.5) is 0 Å². The van der Waals surface area contributed by atoms with Crippen molar-refractivity contribution in [2.45, 2.75) is 76.4 Å². The number of nitrogens with one attached hydrogen (secondary N) is 1. The average molecular weight is 236 g/mol. The summed E-state index contributed by atoms with van der Waals surface area (Å²) < 4.78 is 0. The van der Waals surface area contributed by atoms with Crippen LogP contribution in [0.3, 0.4) is 0 Å². The third-order valence-corrected chi connectivity index (χ3v) is 5.46. The predicted octanol–water partition coefficient (Wildman–Crippen LogP) is 2.78. The molecule has 0 aromatic carbocycles. The summed E-state index contributed by atoms with van der Waals surface area (Å²) in [6, 6.07) is 1.56. The molecule has 1 saturated heterocycles. The van der Waals surface area contributed by atoms with Crippen LogP contribution in [0.25, 0.3) is 0 Å². The summed E-state index contributed by atoms with van der Waals surface area (Å²) in [5.74, 6) is 1.01. The Morgan fingerprint density at radius 1 is 1.18 bits per heavy atom. The SMILES string of the molecule is CC1CNC2(CCCCC2)CN1C(C)C1CC1. The molecule has 0 aromatic heterocycles. The first-order chi connectivity index (χ1) is 8.20. The first-order valence-corrected chi connectivity index (χ1v) is 7.71. The van der Waals surface area contributed by atoms with E-state index in [0.717, 1.165) is 18.0 Å². The lowest BCUT2D eigenvalue weighted by Crippen LogP contribution is -2.65. The van der Waals surface area contributed by atoms with Crippen molar-refractivity contribution in [3.05, 3.63) is 0 Å². The van der Waals surface area contributed by atoms with Crippen molar-refractivity contribution >= 4 is 0 Å². The van der Waals surface area contributed by atoms with Gasteiger partial charge in [0.05, 0.1) is 0 Å². The molecule has 2 unspecified atom stereocenters. The third kappa shape index (κ3) is 2.39. The first kappa shape index (κ1) is 12.0. The van der Waals surface area contributed by atoms with Crippen molar-refractivity contribution in [3.63, 3.8) is 0 Å².